The van der Waals surface area contributed by atoms with E-state index in [-0.39, 0.29) is 5.91 Å². The van der Waals surface area contributed by atoms with Crippen LogP contribution in [0.4, 0.5) is 17.1 Å². The van der Waals surface area contributed by atoms with Gasteiger partial charge in [0.25, 0.3) is 5.91 Å². The maximum absolute atomic E-state index is 13.9. The molecule has 3 aromatic carbocycles. The molecule has 0 N–H and O–H groups in total. The number of benzene rings is 3. The van der Waals surface area contributed by atoms with Gasteiger partial charge in [0.2, 0.25) is 0 Å². The standard InChI is InChI=1S/C27H25N3OS2/c1-5-29-22-11-6-7-12-23(22)32-26(29)24-25(31)30(20-10-8-9-17(2)16-20)27(33-24)28-21-14-13-18(3)15-19(21)4/h6-16H,5H2,1-4H3/b26-24-,28-27?. The second kappa shape index (κ2) is 8.76. The second-order valence-electron chi connectivity index (χ2n) is 8.21. The summed E-state index contributed by atoms with van der Waals surface area (Å²) in [6, 6.07) is 22.6. The largest absolute Gasteiger partial charge is 0.334 e. The van der Waals surface area contributed by atoms with E-state index < -0.39 is 0 Å². The van der Waals surface area contributed by atoms with Crippen LogP contribution in [0.2, 0.25) is 0 Å². The van der Waals surface area contributed by atoms with Gasteiger partial charge in [0.05, 0.1) is 17.1 Å². The van der Waals surface area contributed by atoms with Gasteiger partial charge in [-0.25, -0.2) is 4.99 Å². The number of carbonyl (C=O) groups is 1. The summed E-state index contributed by atoms with van der Waals surface area (Å²) in [5.41, 5.74) is 6.28. The molecule has 0 aromatic heterocycles. The van der Waals surface area contributed by atoms with Crippen LogP contribution in [0.5, 0.6) is 0 Å². The molecule has 3 aromatic rings. The fourth-order valence-corrected chi connectivity index (χ4v) is 6.51. The molecule has 0 aliphatic carbocycles. The molecule has 33 heavy (non-hydrogen) atoms. The van der Waals surface area contributed by atoms with Gasteiger partial charge in [-0.15, -0.1) is 0 Å². The van der Waals surface area contributed by atoms with Crippen molar-refractivity contribution in [2.75, 3.05) is 16.3 Å². The van der Waals surface area contributed by atoms with Crippen LogP contribution in [0.1, 0.15) is 23.6 Å². The van der Waals surface area contributed by atoms with Crippen molar-refractivity contribution in [3.8, 4) is 0 Å². The van der Waals surface area contributed by atoms with E-state index in [1.807, 2.05) is 49.4 Å². The summed E-state index contributed by atoms with van der Waals surface area (Å²) in [5.74, 6) is -0.0251. The van der Waals surface area contributed by atoms with Gasteiger partial charge in [-0.2, -0.15) is 0 Å². The van der Waals surface area contributed by atoms with Crippen LogP contribution in [-0.4, -0.2) is 17.6 Å². The summed E-state index contributed by atoms with van der Waals surface area (Å²) in [6.45, 7) is 9.10. The first-order valence-corrected chi connectivity index (χ1v) is 12.6. The monoisotopic (exact) mass is 471 g/mol. The average molecular weight is 472 g/mol. The van der Waals surface area contributed by atoms with Gasteiger partial charge in [0.15, 0.2) is 5.17 Å². The van der Waals surface area contributed by atoms with Crippen LogP contribution in [0, 0.1) is 20.8 Å². The Morgan fingerprint density at radius 1 is 0.879 bits per heavy atom. The lowest BCUT2D eigenvalue weighted by Crippen LogP contribution is -2.29. The van der Waals surface area contributed by atoms with Gasteiger partial charge in [0.1, 0.15) is 9.93 Å². The number of amidine groups is 1. The van der Waals surface area contributed by atoms with Crippen molar-refractivity contribution < 1.29 is 4.79 Å². The summed E-state index contributed by atoms with van der Waals surface area (Å²) in [7, 11) is 0. The Kier molecular flexibility index (Phi) is 5.81. The van der Waals surface area contributed by atoms with Gasteiger partial charge in [-0.05, 0) is 80.9 Å². The van der Waals surface area contributed by atoms with Gasteiger partial charge in [0, 0.05) is 11.4 Å². The number of thioether (sulfide) groups is 2. The quantitative estimate of drug-likeness (QED) is 0.379. The lowest BCUT2D eigenvalue weighted by molar-refractivity contribution is -0.113. The number of hydrogen-bond acceptors (Lipinski definition) is 5. The topological polar surface area (TPSA) is 35.9 Å². The van der Waals surface area contributed by atoms with Crippen LogP contribution in [-0.2, 0) is 4.79 Å². The van der Waals surface area contributed by atoms with E-state index in [4.69, 9.17) is 4.99 Å². The Hall–Kier alpha value is -2.96. The molecule has 4 nitrogen and oxygen atoms in total. The number of para-hydroxylation sites is 1. The number of nitrogens with zero attached hydrogens (tertiary/aromatic N) is 3. The van der Waals surface area contributed by atoms with Crippen molar-refractivity contribution in [3.05, 3.63) is 93.4 Å². The normalized spacial score (nSPS) is 19.0. The predicted octanol–water partition coefficient (Wildman–Crippen LogP) is 7.18. The molecule has 0 bridgehead atoms. The minimum absolute atomic E-state index is 0.0251. The maximum Gasteiger partial charge on any atom is 0.274 e. The molecule has 6 heteroatoms. The highest BCUT2D eigenvalue weighted by atomic mass is 32.2. The molecule has 0 spiro atoms. The molecule has 2 heterocycles. The molecule has 0 unspecified atom stereocenters. The van der Waals surface area contributed by atoms with Crippen molar-refractivity contribution in [3.63, 3.8) is 0 Å². The molecule has 2 aliphatic heterocycles. The highest BCUT2D eigenvalue weighted by Gasteiger charge is 2.40. The zero-order chi connectivity index (χ0) is 23.1. The Balaban J connectivity index is 1.65. The Labute approximate surface area is 203 Å². The predicted molar refractivity (Wildman–Crippen MR) is 142 cm³/mol. The molecule has 0 saturated carbocycles. The minimum Gasteiger partial charge on any atom is -0.334 e. The number of rotatable bonds is 3. The lowest BCUT2D eigenvalue weighted by Gasteiger charge is -2.19. The van der Waals surface area contributed by atoms with Crippen molar-refractivity contribution in [1.29, 1.82) is 0 Å². The molecule has 1 saturated heterocycles. The van der Waals surface area contributed by atoms with E-state index in [0.717, 1.165) is 44.7 Å². The number of fused-ring (bicyclic) bond motifs is 1. The van der Waals surface area contributed by atoms with E-state index in [1.165, 1.54) is 22.2 Å². The van der Waals surface area contributed by atoms with E-state index in [9.17, 15) is 4.79 Å². The molecule has 1 amide bonds. The maximum atomic E-state index is 13.9. The Morgan fingerprint density at radius 3 is 2.42 bits per heavy atom. The molecular formula is C27H25N3OS2. The first-order chi connectivity index (χ1) is 16.0. The summed E-state index contributed by atoms with van der Waals surface area (Å²) < 4.78 is 0. The SMILES string of the molecule is CCN1/C(=C2/SC(=Nc3ccc(C)cc3C)N(c3cccc(C)c3)C2=O)Sc2ccccc21. The first kappa shape index (κ1) is 21.9. The number of anilines is 2. The fourth-order valence-electron chi connectivity index (χ4n) is 4.12. The van der Waals surface area contributed by atoms with E-state index in [0.29, 0.717) is 5.17 Å². The van der Waals surface area contributed by atoms with Crippen molar-refractivity contribution in [2.45, 2.75) is 32.6 Å². The summed E-state index contributed by atoms with van der Waals surface area (Å²) in [5, 5.41) is 1.67. The van der Waals surface area contributed by atoms with Gasteiger partial charge < -0.3 is 4.90 Å². The van der Waals surface area contributed by atoms with E-state index in [2.05, 4.69) is 49.9 Å². The second-order valence-corrected chi connectivity index (χ2v) is 10.2. The van der Waals surface area contributed by atoms with Gasteiger partial charge in [-0.1, -0.05) is 53.7 Å². The highest BCUT2D eigenvalue weighted by Crippen LogP contribution is 2.51. The van der Waals surface area contributed by atoms with E-state index >= 15 is 0 Å². The fraction of sp³-hybridized carbons (Fsp3) is 0.185. The molecule has 0 atom stereocenters. The zero-order valence-corrected chi connectivity index (χ0v) is 20.8. The number of amides is 1. The average Bonchev–Trinajstić information content (AvgIpc) is 3.32. The third kappa shape index (κ3) is 3.98. The van der Waals surface area contributed by atoms with Crippen LogP contribution < -0.4 is 9.80 Å². The number of hydrogen-bond donors (Lipinski definition) is 0. The smallest absolute Gasteiger partial charge is 0.274 e. The minimum atomic E-state index is -0.0251. The molecule has 5 rings (SSSR count). The molecule has 2 aliphatic rings. The number of aryl methyl sites for hydroxylation is 3. The molecular weight excluding hydrogens is 446 g/mol. The highest BCUT2D eigenvalue weighted by molar-refractivity contribution is 8.20. The number of aliphatic imine (C=N–C) groups is 1. The Morgan fingerprint density at radius 2 is 1.67 bits per heavy atom. The third-order valence-corrected chi connectivity index (χ3v) is 8.07. The molecule has 1 fully saturated rings. The molecule has 0 radical (unpaired) electrons. The van der Waals surface area contributed by atoms with Crippen LogP contribution in [0.3, 0.4) is 0 Å². The van der Waals surface area contributed by atoms with Crippen molar-refractivity contribution in [2.24, 2.45) is 4.99 Å². The van der Waals surface area contributed by atoms with Crippen molar-refractivity contribution in [1.82, 2.24) is 0 Å². The van der Waals surface area contributed by atoms with Crippen LogP contribution in [0.25, 0.3) is 0 Å². The zero-order valence-electron chi connectivity index (χ0n) is 19.1. The summed E-state index contributed by atoms with van der Waals surface area (Å²) in [6.07, 6.45) is 0. The Bertz CT molecular complexity index is 1330. The van der Waals surface area contributed by atoms with E-state index in [1.54, 1.807) is 16.7 Å². The van der Waals surface area contributed by atoms with Crippen LogP contribution in [0.15, 0.2) is 86.6 Å². The van der Waals surface area contributed by atoms with Gasteiger partial charge >= 0.3 is 0 Å². The third-order valence-electron chi connectivity index (χ3n) is 5.73. The summed E-state index contributed by atoms with van der Waals surface area (Å²) >= 11 is 3.13. The van der Waals surface area contributed by atoms with Gasteiger partial charge in [-0.3, -0.25) is 9.69 Å². The first-order valence-electron chi connectivity index (χ1n) is 11.0. The molecule has 166 valence electrons. The number of carbonyl (C=O) groups excluding carboxylic acids is 1. The van der Waals surface area contributed by atoms with Crippen LogP contribution >= 0.6 is 23.5 Å². The van der Waals surface area contributed by atoms with Crippen molar-refractivity contribution >= 4 is 51.7 Å². The lowest BCUT2D eigenvalue weighted by atomic mass is 10.1. The summed E-state index contributed by atoms with van der Waals surface area (Å²) in [4.78, 5) is 24.8.